The average molecular weight is 386 g/mol. The third-order valence-electron chi connectivity index (χ3n) is 3.56. The molecule has 1 aliphatic rings. The first-order valence-corrected chi connectivity index (χ1v) is 9.64. The lowest BCUT2D eigenvalue weighted by molar-refractivity contribution is 0.0729. The summed E-state index contributed by atoms with van der Waals surface area (Å²) < 4.78 is 37.7. The van der Waals surface area contributed by atoms with Gasteiger partial charge in [0.1, 0.15) is 10.6 Å². The molecule has 0 spiro atoms. The standard InChI is InChI=1S/C16H23N3O4S2/c1-12(2)11-17-16(24)18-13-4-5-14(22-3)15(10-13)25(20,21)19-6-8-23-9-7-19/h4-5,10H,1,6-9,11H2,2-3H3,(H2,17,18,24). The third kappa shape index (κ3) is 5.15. The van der Waals surface area contributed by atoms with Gasteiger partial charge in [0.2, 0.25) is 10.0 Å². The zero-order valence-electron chi connectivity index (χ0n) is 14.4. The molecule has 7 nitrogen and oxygen atoms in total. The molecule has 0 amide bonds. The molecule has 0 bridgehead atoms. The molecule has 1 fully saturated rings. The molecular weight excluding hydrogens is 362 g/mol. The molecule has 0 radical (unpaired) electrons. The minimum absolute atomic E-state index is 0.101. The van der Waals surface area contributed by atoms with Gasteiger partial charge in [-0.2, -0.15) is 4.31 Å². The molecule has 138 valence electrons. The Morgan fingerprint density at radius 3 is 2.68 bits per heavy atom. The Morgan fingerprint density at radius 1 is 1.40 bits per heavy atom. The maximum absolute atomic E-state index is 12.9. The lowest BCUT2D eigenvalue weighted by Crippen LogP contribution is -2.40. The summed E-state index contributed by atoms with van der Waals surface area (Å²) in [7, 11) is -2.23. The van der Waals surface area contributed by atoms with Crippen LogP contribution in [0.25, 0.3) is 0 Å². The molecule has 0 saturated carbocycles. The lowest BCUT2D eigenvalue weighted by Gasteiger charge is -2.27. The van der Waals surface area contributed by atoms with Crippen molar-refractivity contribution in [2.75, 3.05) is 45.3 Å². The third-order valence-corrected chi connectivity index (χ3v) is 5.73. The van der Waals surface area contributed by atoms with Gasteiger partial charge in [-0.1, -0.05) is 12.2 Å². The average Bonchev–Trinajstić information content (AvgIpc) is 2.60. The van der Waals surface area contributed by atoms with Gasteiger partial charge in [-0.25, -0.2) is 8.42 Å². The van der Waals surface area contributed by atoms with Crippen molar-refractivity contribution in [1.29, 1.82) is 0 Å². The maximum atomic E-state index is 12.9. The smallest absolute Gasteiger partial charge is 0.246 e. The van der Waals surface area contributed by atoms with Crippen LogP contribution in [-0.2, 0) is 14.8 Å². The van der Waals surface area contributed by atoms with Crippen LogP contribution in [0.3, 0.4) is 0 Å². The van der Waals surface area contributed by atoms with E-state index in [4.69, 9.17) is 21.7 Å². The van der Waals surface area contributed by atoms with E-state index in [1.807, 2.05) is 6.92 Å². The summed E-state index contributed by atoms with van der Waals surface area (Å²) in [5, 5.41) is 6.37. The molecule has 1 aliphatic heterocycles. The first kappa shape index (κ1) is 19.6. The van der Waals surface area contributed by atoms with Crippen molar-refractivity contribution in [2.45, 2.75) is 11.8 Å². The van der Waals surface area contributed by atoms with Gasteiger partial charge < -0.3 is 20.1 Å². The van der Waals surface area contributed by atoms with Crippen LogP contribution in [-0.4, -0.2) is 57.8 Å². The molecule has 0 aliphatic carbocycles. The maximum Gasteiger partial charge on any atom is 0.246 e. The van der Waals surface area contributed by atoms with Crippen LogP contribution >= 0.6 is 12.2 Å². The molecule has 0 aromatic heterocycles. The van der Waals surface area contributed by atoms with Gasteiger partial charge in [-0.3, -0.25) is 0 Å². The zero-order valence-corrected chi connectivity index (χ0v) is 16.0. The Labute approximate surface area is 154 Å². The number of morpholine rings is 1. The molecule has 2 rings (SSSR count). The van der Waals surface area contributed by atoms with E-state index in [1.165, 1.54) is 17.5 Å². The Balaban J connectivity index is 2.24. The van der Waals surface area contributed by atoms with Crippen molar-refractivity contribution in [2.24, 2.45) is 0 Å². The molecular formula is C16H23N3O4S2. The number of ether oxygens (including phenoxy) is 2. The van der Waals surface area contributed by atoms with E-state index in [-0.39, 0.29) is 10.6 Å². The van der Waals surface area contributed by atoms with Crippen LogP contribution in [0.4, 0.5) is 5.69 Å². The van der Waals surface area contributed by atoms with E-state index in [1.54, 1.807) is 12.1 Å². The summed E-state index contributed by atoms with van der Waals surface area (Å²) in [5.74, 6) is 0.290. The van der Waals surface area contributed by atoms with Crippen LogP contribution in [0.15, 0.2) is 35.2 Å². The molecule has 1 saturated heterocycles. The first-order chi connectivity index (χ1) is 11.8. The van der Waals surface area contributed by atoms with Crippen LogP contribution in [0.1, 0.15) is 6.92 Å². The molecule has 25 heavy (non-hydrogen) atoms. The fraction of sp³-hybridized carbons (Fsp3) is 0.438. The number of hydrogen-bond donors (Lipinski definition) is 2. The molecule has 1 aromatic rings. The summed E-state index contributed by atoms with van der Waals surface area (Å²) in [5.41, 5.74) is 1.50. The molecule has 0 unspecified atom stereocenters. The van der Waals surface area contributed by atoms with E-state index >= 15 is 0 Å². The molecule has 9 heteroatoms. The number of methoxy groups -OCH3 is 1. The second-order valence-corrected chi connectivity index (χ2v) is 7.96. The van der Waals surface area contributed by atoms with E-state index in [2.05, 4.69) is 17.2 Å². The fourth-order valence-electron chi connectivity index (χ4n) is 2.29. The second kappa shape index (κ2) is 8.61. The summed E-state index contributed by atoms with van der Waals surface area (Å²) in [6.07, 6.45) is 0. The van der Waals surface area contributed by atoms with Gasteiger partial charge in [0.15, 0.2) is 5.11 Å². The Hall–Kier alpha value is -1.68. The minimum Gasteiger partial charge on any atom is -0.495 e. The minimum atomic E-state index is -3.68. The number of hydrogen-bond acceptors (Lipinski definition) is 5. The number of anilines is 1. The number of nitrogens with zero attached hydrogens (tertiary/aromatic N) is 1. The van der Waals surface area contributed by atoms with Crippen LogP contribution in [0.5, 0.6) is 5.75 Å². The highest BCUT2D eigenvalue weighted by Gasteiger charge is 2.29. The van der Waals surface area contributed by atoms with Crippen molar-refractivity contribution >= 4 is 33.0 Å². The van der Waals surface area contributed by atoms with Crippen LogP contribution < -0.4 is 15.4 Å². The zero-order chi connectivity index (χ0) is 18.4. The summed E-state index contributed by atoms with van der Waals surface area (Å²) >= 11 is 5.21. The topological polar surface area (TPSA) is 79.9 Å². The van der Waals surface area contributed by atoms with Crippen LogP contribution in [0, 0.1) is 0 Å². The fourth-order valence-corrected chi connectivity index (χ4v) is 4.07. The highest BCUT2D eigenvalue weighted by Crippen LogP contribution is 2.30. The number of nitrogens with one attached hydrogen (secondary N) is 2. The van der Waals surface area contributed by atoms with Gasteiger partial charge in [0.25, 0.3) is 0 Å². The number of benzene rings is 1. The molecule has 2 N–H and O–H groups in total. The summed E-state index contributed by atoms with van der Waals surface area (Å²) in [4.78, 5) is 0.101. The Kier molecular flexibility index (Phi) is 6.77. The van der Waals surface area contributed by atoms with Gasteiger partial charge in [0.05, 0.1) is 20.3 Å². The van der Waals surface area contributed by atoms with Gasteiger partial charge in [-0.15, -0.1) is 0 Å². The quantitative estimate of drug-likeness (QED) is 0.568. The largest absolute Gasteiger partial charge is 0.495 e. The van der Waals surface area contributed by atoms with E-state index in [0.29, 0.717) is 43.6 Å². The van der Waals surface area contributed by atoms with Crippen molar-refractivity contribution in [1.82, 2.24) is 9.62 Å². The van der Waals surface area contributed by atoms with E-state index < -0.39 is 10.0 Å². The number of thiocarbonyl (C=S) groups is 1. The predicted octanol–water partition coefficient (Wildman–Crippen LogP) is 1.58. The number of rotatable bonds is 6. The Bertz CT molecular complexity index is 744. The Morgan fingerprint density at radius 2 is 2.08 bits per heavy atom. The lowest BCUT2D eigenvalue weighted by atomic mass is 10.3. The highest BCUT2D eigenvalue weighted by molar-refractivity contribution is 7.89. The summed E-state index contributed by atoms with van der Waals surface area (Å²) in [6.45, 7) is 7.63. The predicted molar refractivity (Wildman–Crippen MR) is 102 cm³/mol. The normalized spacial score (nSPS) is 15.4. The molecule has 1 heterocycles. The van der Waals surface area contributed by atoms with Crippen molar-refractivity contribution in [3.05, 3.63) is 30.4 Å². The van der Waals surface area contributed by atoms with E-state index in [9.17, 15) is 8.42 Å². The van der Waals surface area contributed by atoms with Crippen molar-refractivity contribution in [3.63, 3.8) is 0 Å². The van der Waals surface area contributed by atoms with Gasteiger partial charge in [0, 0.05) is 25.3 Å². The van der Waals surface area contributed by atoms with Crippen LogP contribution in [0.2, 0.25) is 0 Å². The summed E-state index contributed by atoms with van der Waals surface area (Å²) in [6, 6.07) is 4.85. The first-order valence-electron chi connectivity index (χ1n) is 7.80. The molecule has 0 atom stereocenters. The van der Waals surface area contributed by atoms with Gasteiger partial charge in [-0.05, 0) is 37.3 Å². The molecule has 1 aromatic carbocycles. The highest BCUT2D eigenvalue weighted by atomic mass is 32.2. The van der Waals surface area contributed by atoms with E-state index in [0.717, 1.165) is 5.57 Å². The number of sulfonamides is 1. The van der Waals surface area contributed by atoms with Crippen molar-refractivity contribution < 1.29 is 17.9 Å². The second-order valence-electron chi connectivity index (χ2n) is 5.65. The van der Waals surface area contributed by atoms with Gasteiger partial charge >= 0.3 is 0 Å². The SMILES string of the molecule is C=C(C)CNC(=S)Nc1ccc(OC)c(S(=O)(=O)N2CCOCC2)c1. The van der Waals surface area contributed by atoms with Crippen molar-refractivity contribution in [3.8, 4) is 5.75 Å². The monoisotopic (exact) mass is 385 g/mol.